The highest BCUT2D eigenvalue weighted by Crippen LogP contribution is 2.33. The summed E-state index contributed by atoms with van der Waals surface area (Å²) in [5.41, 5.74) is -0.908. The normalized spacial score (nSPS) is 12.9. The molecule has 1 atom stereocenters. The Balaban J connectivity index is 1.63. The number of alkyl halides is 3. The standard InChI is InChI=1S/C21H19F3N4O2S/c1-13(7-8-14-5-3-9-30-14)27(2)20(29)16-12-19-25-15(17-6-4-10-31-17)11-18(21(22,23)24)28(19)26-16/h3-6,9-13H,7-8H2,1-2H3. The number of amides is 1. The maximum Gasteiger partial charge on any atom is 0.433 e. The second-order valence-corrected chi connectivity index (χ2v) is 8.13. The Morgan fingerprint density at radius 3 is 2.74 bits per heavy atom. The van der Waals surface area contributed by atoms with E-state index in [1.807, 2.05) is 13.0 Å². The van der Waals surface area contributed by atoms with Crippen molar-refractivity contribution in [3.05, 3.63) is 65.2 Å². The van der Waals surface area contributed by atoms with Crippen molar-refractivity contribution >= 4 is 22.9 Å². The molecule has 31 heavy (non-hydrogen) atoms. The monoisotopic (exact) mass is 448 g/mol. The van der Waals surface area contributed by atoms with Crippen LogP contribution in [0.4, 0.5) is 13.2 Å². The summed E-state index contributed by atoms with van der Waals surface area (Å²) in [4.78, 5) is 19.3. The average molecular weight is 448 g/mol. The van der Waals surface area contributed by atoms with Gasteiger partial charge < -0.3 is 9.32 Å². The summed E-state index contributed by atoms with van der Waals surface area (Å²) in [7, 11) is 1.61. The van der Waals surface area contributed by atoms with Gasteiger partial charge in [0, 0.05) is 25.6 Å². The number of carbonyl (C=O) groups is 1. The number of nitrogens with zero attached hydrogens (tertiary/aromatic N) is 4. The Morgan fingerprint density at radius 2 is 2.10 bits per heavy atom. The van der Waals surface area contributed by atoms with E-state index in [2.05, 4.69) is 10.1 Å². The van der Waals surface area contributed by atoms with E-state index >= 15 is 0 Å². The smallest absolute Gasteiger partial charge is 0.433 e. The van der Waals surface area contributed by atoms with E-state index in [-0.39, 0.29) is 23.1 Å². The summed E-state index contributed by atoms with van der Waals surface area (Å²) in [5.74, 6) is 0.337. The van der Waals surface area contributed by atoms with Crippen molar-refractivity contribution in [2.45, 2.75) is 32.0 Å². The molecule has 0 radical (unpaired) electrons. The highest BCUT2D eigenvalue weighted by Gasteiger charge is 2.36. The number of halogens is 3. The minimum atomic E-state index is -4.65. The van der Waals surface area contributed by atoms with Gasteiger partial charge in [-0.05, 0) is 43.0 Å². The van der Waals surface area contributed by atoms with Crippen molar-refractivity contribution in [2.75, 3.05) is 7.05 Å². The molecule has 6 nitrogen and oxygen atoms in total. The molecule has 1 unspecified atom stereocenters. The third kappa shape index (κ3) is 4.34. The van der Waals surface area contributed by atoms with Crippen LogP contribution in [-0.2, 0) is 12.6 Å². The molecule has 162 valence electrons. The lowest BCUT2D eigenvalue weighted by Gasteiger charge is -2.23. The number of hydrogen-bond donors (Lipinski definition) is 0. The topological polar surface area (TPSA) is 63.6 Å². The van der Waals surface area contributed by atoms with Crippen LogP contribution in [0.2, 0.25) is 0 Å². The quantitative estimate of drug-likeness (QED) is 0.409. The van der Waals surface area contributed by atoms with Crippen molar-refractivity contribution in [3.8, 4) is 10.6 Å². The van der Waals surface area contributed by atoms with Gasteiger partial charge in [-0.3, -0.25) is 4.79 Å². The molecule has 0 aliphatic heterocycles. The fraction of sp³-hybridized carbons (Fsp3) is 0.286. The Bertz CT molecular complexity index is 1180. The van der Waals surface area contributed by atoms with E-state index in [0.717, 1.165) is 11.8 Å². The second kappa shape index (κ2) is 8.18. The van der Waals surface area contributed by atoms with Crippen LogP contribution >= 0.6 is 11.3 Å². The van der Waals surface area contributed by atoms with Crippen LogP contribution in [0.15, 0.2) is 52.5 Å². The molecular weight excluding hydrogens is 429 g/mol. The van der Waals surface area contributed by atoms with Crippen molar-refractivity contribution in [1.82, 2.24) is 19.5 Å². The van der Waals surface area contributed by atoms with Crippen molar-refractivity contribution in [1.29, 1.82) is 0 Å². The van der Waals surface area contributed by atoms with Crippen molar-refractivity contribution in [2.24, 2.45) is 0 Å². The van der Waals surface area contributed by atoms with Gasteiger partial charge in [0.05, 0.1) is 16.8 Å². The van der Waals surface area contributed by atoms with E-state index in [1.54, 1.807) is 36.9 Å². The number of aromatic nitrogens is 3. The lowest BCUT2D eigenvalue weighted by atomic mass is 10.1. The lowest BCUT2D eigenvalue weighted by Crippen LogP contribution is -2.35. The molecule has 0 bridgehead atoms. The molecule has 10 heteroatoms. The maximum atomic E-state index is 13.7. The van der Waals surface area contributed by atoms with Gasteiger partial charge in [-0.25, -0.2) is 9.50 Å². The minimum absolute atomic E-state index is 0.0294. The number of fused-ring (bicyclic) bond motifs is 1. The second-order valence-electron chi connectivity index (χ2n) is 7.18. The summed E-state index contributed by atoms with van der Waals surface area (Å²) in [5, 5.41) is 5.71. The van der Waals surface area contributed by atoms with Crippen LogP contribution in [0.3, 0.4) is 0 Å². The minimum Gasteiger partial charge on any atom is -0.469 e. The predicted octanol–water partition coefficient (Wildman–Crippen LogP) is 5.16. The fourth-order valence-corrected chi connectivity index (χ4v) is 3.90. The van der Waals surface area contributed by atoms with Crippen LogP contribution < -0.4 is 0 Å². The van der Waals surface area contributed by atoms with Crippen molar-refractivity contribution in [3.63, 3.8) is 0 Å². The summed E-state index contributed by atoms with van der Waals surface area (Å²) < 4.78 is 47.0. The van der Waals surface area contributed by atoms with E-state index in [9.17, 15) is 18.0 Å². The Hall–Kier alpha value is -3.14. The van der Waals surface area contributed by atoms with E-state index < -0.39 is 17.8 Å². The summed E-state index contributed by atoms with van der Waals surface area (Å²) in [6.45, 7) is 1.87. The number of aryl methyl sites for hydroxylation is 1. The first-order valence-electron chi connectivity index (χ1n) is 9.55. The molecule has 0 saturated heterocycles. The van der Waals surface area contributed by atoms with Gasteiger partial charge in [-0.15, -0.1) is 11.3 Å². The zero-order valence-corrected chi connectivity index (χ0v) is 17.6. The zero-order chi connectivity index (χ0) is 22.2. The third-order valence-corrected chi connectivity index (χ3v) is 5.97. The van der Waals surface area contributed by atoms with Crippen LogP contribution in [0.25, 0.3) is 16.2 Å². The maximum absolute atomic E-state index is 13.7. The first-order valence-corrected chi connectivity index (χ1v) is 10.4. The van der Waals surface area contributed by atoms with Gasteiger partial charge >= 0.3 is 6.18 Å². The lowest BCUT2D eigenvalue weighted by molar-refractivity contribution is -0.142. The molecule has 4 rings (SSSR count). The van der Waals surface area contributed by atoms with Gasteiger partial charge in [0.15, 0.2) is 17.0 Å². The van der Waals surface area contributed by atoms with Crippen LogP contribution in [0, 0.1) is 0 Å². The summed E-state index contributed by atoms with van der Waals surface area (Å²) in [6.07, 6.45) is -1.79. The molecule has 0 N–H and O–H groups in total. The van der Waals surface area contributed by atoms with Gasteiger partial charge in [0.1, 0.15) is 5.76 Å². The first-order chi connectivity index (χ1) is 14.7. The molecule has 1 amide bonds. The molecule has 4 aromatic heterocycles. The highest BCUT2D eigenvalue weighted by molar-refractivity contribution is 7.13. The number of carbonyl (C=O) groups excluding carboxylic acids is 1. The van der Waals surface area contributed by atoms with Crippen molar-refractivity contribution < 1.29 is 22.4 Å². The van der Waals surface area contributed by atoms with E-state index in [1.165, 1.54) is 22.3 Å². The highest BCUT2D eigenvalue weighted by atomic mass is 32.1. The van der Waals surface area contributed by atoms with Crippen LogP contribution in [0.1, 0.15) is 35.3 Å². The first kappa shape index (κ1) is 21.1. The van der Waals surface area contributed by atoms with Gasteiger partial charge in [0.2, 0.25) is 0 Å². The SMILES string of the molecule is CC(CCc1ccco1)N(C)C(=O)c1cc2nc(-c3cccs3)cc(C(F)(F)F)n2n1. The Labute approximate surface area is 179 Å². The van der Waals surface area contributed by atoms with E-state index in [4.69, 9.17) is 4.42 Å². The Kier molecular flexibility index (Phi) is 5.57. The third-order valence-electron chi connectivity index (χ3n) is 5.08. The molecular formula is C21H19F3N4O2S. The average Bonchev–Trinajstić information content (AvgIpc) is 3.50. The molecule has 0 aliphatic rings. The molecule has 0 aromatic carbocycles. The molecule has 4 aromatic rings. The zero-order valence-electron chi connectivity index (χ0n) is 16.8. The van der Waals surface area contributed by atoms with Crippen LogP contribution in [0.5, 0.6) is 0 Å². The summed E-state index contributed by atoms with van der Waals surface area (Å²) >= 11 is 1.29. The number of thiophene rings is 1. The van der Waals surface area contributed by atoms with Gasteiger partial charge in [-0.1, -0.05) is 6.07 Å². The fourth-order valence-electron chi connectivity index (χ4n) is 3.21. The number of rotatable bonds is 6. The van der Waals surface area contributed by atoms with Gasteiger partial charge in [0.25, 0.3) is 5.91 Å². The van der Waals surface area contributed by atoms with Gasteiger partial charge in [-0.2, -0.15) is 18.3 Å². The largest absolute Gasteiger partial charge is 0.469 e. The molecule has 4 heterocycles. The molecule has 0 fully saturated rings. The summed E-state index contributed by atoms with van der Waals surface area (Å²) in [6, 6.07) is 9.16. The molecule has 0 spiro atoms. The Morgan fingerprint density at radius 1 is 1.29 bits per heavy atom. The molecule has 0 aliphatic carbocycles. The number of furan rings is 1. The molecule has 0 saturated carbocycles. The van der Waals surface area contributed by atoms with E-state index in [0.29, 0.717) is 22.2 Å². The van der Waals surface area contributed by atoms with Crippen LogP contribution in [-0.4, -0.2) is 38.5 Å². The predicted molar refractivity (Wildman–Crippen MR) is 110 cm³/mol. The number of hydrogen-bond acceptors (Lipinski definition) is 5.